The topological polar surface area (TPSA) is 102 Å². The molecule has 11 nitrogen and oxygen atoms in total. The molecule has 2 aromatic rings. The van der Waals surface area contributed by atoms with E-state index in [2.05, 4.69) is 10.3 Å². The molecule has 14 heteroatoms. The Bertz CT molecular complexity index is 1030. The van der Waals surface area contributed by atoms with Crippen LogP contribution in [0.15, 0.2) is 24.5 Å². The van der Waals surface area contributed by atoms with Crippen LogP contribution in [0.4, 0.5) is 25.0 Å². The number of anilines is 2. The van der Waals surface area contributed by atoms with Crippen molar-refractivity contribution >= 4 is 25.2 Å². The minimum Gasteiger partial charge on any atom is -0.442 e. The van der Waals surface area contributed by atoms with Gasteiger partial charge in [-0.25, -0.2) is 27.5 Å². The van der Waals surface area contributed by atoms with Crippen molar-refractivity contribution in [3.8, 4) is 0 Å². The fourth-order valence-corrected chi connectivity index (χ4v) is 5.95. The fourth-order valence-electron chi connectivity index (χ4n) is 4.16. The number of hydrogen-bond donors (Lipinski definition) is 0. The third-order valence-corrected chi connectivity index (χ3v) is 7.88. The molecule has 3 aliphatic heterocycles. The number of piperazine rings is 1. The summed E-state index contributed by atoms with van der Waals surface area (Å²) < 4.78 is 61.9. The van der Waals surface area contributed by atoms with Gasteiger partial charge in [0.2, 0.25) is 0 Å². The molecular formula is C19H23F2N6O5P. The predicted molar refractivity (Wildman–Crippen MR) is 112 cm³/mol. The van der Waals surface area contributed by atoms with Crippen molar-refractivity contribution in [1.29, 1.82) is 0 Å². The van der Waals surface area contributed by atoms with Crippen LogP contribution in [0.25, 0.3) is 0 Å². The Kier molecular flexibility index (Phi) is 6.04. The minimum absolute atomic E-state index is 0.0759. The monoisotopic (exact) mass is 484 g/mol. The van der Waals surface area contributed by atoms with Crippen LogP contribution in [0.5, 0.6) is 0 Å². The van der Waals surface area contributed by atoms with E-state index in [1.807, 2.05) is 0 Å². The molecule has 0 spiro atoms. The molecule has 33 heavy (non-hydrogen) atoms. The van der Waals surface area contributed by atoms with Gasteiger partial charge in [-0.05, 0) is 6.42 Å². The molecule has 3 aliphatic rings. The first-order valence-electron chi connectivity index (χ1n) is 10.6. The molecule has 3 fully saturated rings. The van der Waals surface area contributed by atoms with E-state index in [1.165, 1.54) is 15.8 Å². The molecule has 0 radical (unpaired) electrons. The van der Waals surface area contributed by atoms with Gasteiger partial charge in [0.15, 0.2) is 11.6 Å². The summed E-state index contributed by atoms with van der Waals surface area (Å²) in [6.45, 7) is 2.19. The summed E-state index contributed by atoms with van der Waals surface area (Å²) in [5.41, 5.74) is -0.110. The zero-order valence-electron chi connectivity index (χ0n) is 17.7. The highest BCUT2D eigenvalue weighted by molar-refractivity contribution is 7.51. The van der Waals surface area contributed by atoms with Crippen LogP contribution in [-0.2, 0) is 24.9 Å². The number of ether oxygens (including phenoxy) is 1. The van der Waals surface area contributed by atoms with Crippen molar-refractivity contribution in [1.82, 2.24) is 19.7 Å². The van der Waals surface area contributed by atoms with Crippen LogP contribution in [-0.4, -0.2) is 77.8 Å². The van der Waals surface area contributed by atoms with Crippen molar-refractivity contribution < 1.29 is 31.9 Å². The maximum absolute atomic E-state index is 15.0. The van der Waals surface area contributed by atoms with Gasteiger partial charge in [0, 0.05) is 44.5 Å². The average Bonchev–Trinajstić information content (AvgIpc) is 3.44. The van der Waals surface area contributed by atoms with E-state index in [0.29, 0.717) is 19.6 Å². The summed E-state index contributed by atoms with van der Waals surface area (Å²) in [6.07, 6.45) is 2.61. The molecule has 0 bridgehead atoms. The lowest BCUT2D eigenvalue weighted by Crippen LogP contribution is -2.46. The van der Waals surface area contributed by atoms with E-state index in [-0.39, 0.29) is 50.6 Å². The van der Waals surface area contributed by atoms with Gasteiger partial charge >= 0.3 is 13.8 Å². The van der Waals surface area contributed by atoms with E-state index in [4.69, 9.17) is 13.8 Å². The number of hydrogen-bond acceptors (Lipinski definition) is 8. The van der Waals surface area contributed by atoms with E-state index < -0.39 is 31.6 Å². The number of rotatable bonds is 5. The third-order valence-electron chi connectivity index (χ3n) is 5.77. The first-order chi connectivity index (χ1) is 15.9. The number of aromatic nitrogens is 3. The smallest absolute Gasteiger partial charge is 0.414 e. The largest absolute Gasteiger partial charge is 0.442 e. The fraction of sp³-hybridized carbons (Fsp3) is 0.526. The first kappa shape index (κ1) is 22.2. The second-order valence-corrected chi connectivity index (χ2v) is 9.95. The van der Waals surface area contributed by atoms with Crippen LogP contribution >= 0.6 is 7.75 Å². The number of carbonyl (C=O) groups excluding carboxylic acids is 1. The van der Waals surface area contributed by atoms with Crippen LogP contribution in [0, 0.1) is 11.6 Å². The van der Waals surface area contributed by atoms with Crippen molar-refractivity contribution in [3.05, 3.63) is 36.2 Å². The predicted octanol–water partition coefficient (Wildman–Crippen LogP) is 2.25. The standard InChI is InChI=1S/C19H23F2N6O5P/c20-16-10-14(27-13-15(32-19(27)28)12-25-3-2-22-23-25)11-17(21)18(16)24-4-6-26(7-5-24)33(29)30-8-1-9-31-33/h2-3,10-11,15H,1,4-9,12-13H2. The Hall–Kier alpha value is -2.60. The minimum atomic E-state index is -3.34. The van der Waals surface area contributed by atoms with Crippen molar-refractivity contribution in [2.75, 3.05) is 55.7 Å². The lowest BCUT2D eigenvalue weighted by molar-refractivity contribution is 0.107. The molecule has 5 rings (SSSR count). The summed E-state index contributed by atoms with van der Waals surface area (Å²) in [5.74, 6) is -1.58. The Morgan fingerprint density at radius 1 is 1.09 bits per heavy atom. The Morgan fingerprint density at radius 2 is 1.79 bits per heavy atom. The highest BCUT2D eigenvalue weighted by atomic mass is 31.2. The molecule has 1 unspecified atom stereocenters. The summed E-state index contributed by atoms with van der Waals surface area (Å²) in [5, 5.41) is 7.52. The van der Waals surface area contributed by atoms with Gasteiger partial charge in [-0.15, -0.1) is 5.10 Å². The van der Waals surface area contributed by atoms with E-state index in [0.717, 1.165) is 12.1 Å². The zero-order chi connectivity index (χ0) is 23.0. The molecule has 1 aromatic carbocycles. The van der Waals surface area contributed by atoms with Gasteiger partial charge in [-0.1, -0.05) is 5.21 Å². The van der Waals surface area contributed by atoms with Gasteiger partial charge in [0.05, 0.1) is 38.2 Å². The third kappa shape index (κ3) is 4.45. The van der Waals surface area contributed by atoms with Crippen molar-refractivity contribution in [2.45, 2.75) is 19.1 Å². The highest BCUT2D eigenvalue weighted by Crippen LogP contribution is 2.54. The summed E-state index contributed by atoms with van der Waals surface area (Å²) in [4.78, 5) is 15.0. The molecule has 4 heterocycles. The molecule has 0 N–H and O–H groups in total. The van der Waals surface area contributed by atoms with Crippen molar-refractivity contribution in [2.24, 2.45) is 0 Å². The number of amides is 1. The number of nitrogens with zero attached hydrogens (tertiary/aromatic N) is 6. The SMILES string of the molecule is O=C1OC(Cn2ccnn2)CN1c1cc(F)c(N2CCN(P3(=O)OCCCO3)CC2)c(F)c1. The van der Waals surface area contributed by atoms with E-state index in [9.17, 15) is 9.36 Å². The highest BCUT2D eigenvalue weighted by Gasteiger charge is 2.39. The van der Waals surface area contributed by atoms with Gasteiger partial charge in [0.25, 0.3) is 0 Å². The van der Waals surface area contributed by atoms with Crippen LogP contribution in [0.3, 0.4) is 0 Å². The Morgan fingerprint density at radius 3 is 2.42 bits per heavy atom. The number of halogens is 2. The molecule has 1 atom stereocenters. The number of cyclic esters (lactones) is 1. The second kappa shape index (κ2) is 8.98. The second-order valence-electron chi connectivity index (χ2n) is 7.93. The number of benzene rings is 1. The van der Waals surface area contributed by atoms with Gasteiger partial charge in [-0.3, -0.25) is 13.9 Å². The van der Waals surface area contributed by atoms with E-state index in [1.54, 1.807) is 15.8 Å². The molecule has 0 saturated carbocycles. The maximum Gasteiger partial charge on any atom is 0.414 e. The molecular weight excluding hydrogens is 461 g/mol. The zero-order valence-corrected chi connectivity index (χ0v) is 18.6. The maximum atomic E-state index is 15.0. The summed E-state index contributed by atoms with van der Waals surface area (Å²) >= 11 is 0. The Balaban J connectivity index is 1.26. The van der Waals surface area contributed by atoms with Crippen LogP contribution in [0.1, 0.15) is 6.42 Å². The van der Waals surface area contributed by atoms with Gasteiger partial charge in [0.1, 0.15) is 11.8 Å². The van der Waals surface area contributed by atoms with Gasteiger partial charge < -0.3 is 9.64 Å². The first-order valence-corrected chi connectivity index (χ1v) is 12.1. The van der Waals surface area contributed by atoms with Crippen LogP contribution in [0.2, 0.25) is 0 Å². The molecule has 0 aliphatic carbocycles. The molecule has 1 aromatic heterocycles. The molecule has 3 saturated heterocycles. The molecule has 178 valence electrons. The molecule has 1 amide bonds. The summed E-state index contributed by atoms with van der Waals surface area (Å²) in [6, 6.07) is 2.25. The normalized spacial score (nSPS) is 23.7. The average molecular weight is 484 g/mol. The lowest BCUT2D eigenvalue weighted by Gasteiger charge is -2.39. The summed E-state index contributed by atoms with van der Waals surface area (Å²) in [7, 11) is -3.34. The van der Waals surface area contributed by atoms with Crippen molar-refractivity contribution in [3.63, 3.8) is 0 Å². The number of carbonyl (C=O) groups is 1. The van der Waals surface area contributed by atoms with Crippen LogP contribution < -0.4 is 9.80 Å². The van der Waals surface area contributed by atoms with Gasteiger partial charge in [-0.2, -0.15) is 0 Å². The van der Waals surface area contributed by atoms with E-state index >= 15 is 8.78 Å². The quantitative estimate of drug-likeness (QED) is 0.592. The Labute approximate surface area is 188 Å². The lowest BCUT2D eigenvalue weighted by atomic mass is 10.2.